The van der Waals surface area contributed by atoms with E-state index in [9.17, 15) is 9.90 Å². The number of rotatable bonds is 5. The van der Waals surface area contributed by atoms with Gasteiger partial charge in [-0.25, -0.2) is 0 Å². The third kappa shape index (κ3) is 3.65. The standard InChI is InChI=1S/C16H17ClO4/c1-10-7-15(20-9-12(19)8-17)13-5-3-4-6-14(13)16(10)21-11(2)18/h3-7,12,19H,8-9H2,1-2H3. The lowest BCUT2D eigenvalue weighted by molar-refractivity contribution is -0.131. The van der Waals surface area contributed by atoms with Gasteiger partial charge in [0.25, 0.3) is 0 Å². The Labute approximate surface area is 128 Å². The molecule has 4 nitrogen and oxygen atoms in total. The summed E-state index contributed by atoms with van der Waals surface area (Å²) in [6.07, 6.45) is -0.723. The van der Waals surface area contributed by atoms with Crippen LogP contribution in [0.15, 0.2) is 30.3 Å². The fourth-order valence-electron chi connectivity index (χ4n) is 2.08. The summed E-state index contributed by atoms with van der Waals surface area (Å²) < 4.78 is 10.9. The molecule has 0 saturated heterocycles. The Morgan fingerprint density at radius 1 is 1.33 bits per heavy atom. The van der Waals surface area contributed by atoms with Crippen LogP contribution in [0.2, 0.25) is 0 Å². The molecule has 0 aliphatic heterocycles. The zero-order chi connectivity index (χ0) is 15.4. The van der Waals surface area contributed by atoms with Crippen molar-refractivity contribution in [1.29, 1.82) is 0 Å². The molecule has 0 heterocycles. The molecular formula is C16H17ClO4. The molecule has 1 atom stereocenters. The van der Waals surface area contributed by atoms with Crippen molar-refractivity contribution in [3.63, 3.8) is 0 Å². The number of aryl methyl sites for hydroxylation is 1. The van der Waals surface area contributed by atoms with Crippen molar-refractivity contribution in [1.82, 2.24) is 0 Å². The molecule has 0 amide bonds. The topological polar surface area (TPSA) is 55.8 Å². The molecule has 0 aromatic heterocycles. The summed E-state index contributed by atoms with van der Waals surface area (Å²) in [6, 6.07) is 9.28. The van der Waals surface area contributed by atoms with Gasteiger partial charge in [-0.15, -0.1) is 11.6 Å². The van der Waals surface area contributed by atoms with Crippen LogP contribution in [0, 0.1) is 6.92 Å². The van der Waals surface area contributed by atoms with Gasteiger partial charge >= 0.3 is 5.97 Å². The van der Waals surface area contributed by atoms with E-state index in [0.717, 1.165) is 16.3 Å². The smallest absolute Gasteiger partial charge is 0.308 e. The maximum absolute atomic E-state index is 11.2. The van der Waals surface area contributed by atoms with Gasteiger partial charge in [0.1, 0.15) is 24.2 Å². The lowest BCUT2D eigenvalue weighted by Crippen LogP contribution is -2.19. The lowest BCUT2D eigenvalue weighted by atomic mass is 10.0. The average Bonchev–Trinajstić information content (AvgIpc) is 2.47. The van der Waals surface area contributed by atoms with Gasteiger partial charge in [0, 0.05) is 17.7 Å². The molecule has 0 saturated carbocycles. The van der Waals surface area contributed by atoms with Crippen molar-refractivity contribution in [2.45, 2.75) is 20.0 Å². The van der Waals surface area contributed by atoms with E-state index in [1.807, 2.05) is 31.2 Å². The van der Waals surface area contributed by atoms with Crippen LogP contribution in [0.1, 0.15) is 12.5 Å². The number of aliphatic hydroxyl groups excluding tert-OH is 1. The largest absolute Gasteiger partial charge is 0.490 e. The van der Waals surface area contributed by atoms with Gasteiger partial charge in [0.15, 0.2) is 0 Å². The number of fused-ring (bicyclic) bond motifs is 1. The van der Waals surface area contributed by atoms with Crippen molar-refractivity contribution < 1.29 is 19.4 Å². The summed E-state index contributed by atoms with van der Waals surface area (Å²) in [5.74, 6) is 0.906. The van der Waals surface area contributed by atoms with Crippen LogP contribution in [-0.2, 0) is 4.79 Å². The number of carbonyl (C=O) groups is 1. The summed E-state index contributed by atoms with van der Waals surface area (Å²) in [7, 11) is 0. The first-order chi connectivity index (χ1) is 10.0. The van der Waals surface area contributed by atoms with Crippen LogP contribution in [0.25, 0.3) is 10.8 Å². The summed E-state index contributed by atoms with van der Waals surface area (Å²) in [6.45, 7) is 3.32. The van der Waals surface area contributed by atoms with Gasteiger partial charge in [-0.3, -0.25) is 4.79 Å². The first-order valence-electron chi connectivity index (χ1n) is 6.60. The van der Waals surface area contributed by atoms with Crippen molar-refractivity contribution in [2.24, 2.45) is 0 Å². The Morgan fingerprint density at radius 3 is 2.62 bits per heavy atom. The minimum atomic E-state index is -0.723. The van der Waals surface area contributed by atoms with Crippen LogP contribution in [0.4, 0.5) is 0 Å². The molecule has 0 bridgehead atoms. The number of esters is 1. The highest BCUT2D eigenvalue weighted by Crippen LogP contribution is 2.36. The van der Waals surface area contributed by atoms with Gasteiger partial charge in [0.05, 0.1) is 5.88 Å². The molecule has 1 unspecified atom stereocenters. The molecule has 0 fully saturated rings. The van der Waals surface area contributed by atoms with E-state index in [1.54, 1.807) is 6.07 Å². The van der Waals surface area contributed by atoms with E-state index in [4.69, 9.17) is 21.1 Å². The summed E-state index contributed by atoms with van der Waals surface area (Å²) >= 11 is 5.56. The Kier molecular flexibility index (Phi) is 5.04. The summed E-state index contributed by atoms with van der Waals surface area (Å²) in [5, 5.41) is 11.1. The highest BCUT2D eigenvalue weighted by molar-refractivity contribution is 6.18. The molecule has 21 heavy (non-hydrogen) atoms. The highest BCUT2D eigenvalue weighted by Gasteiger charge is 2.14. The third-order valence-corrected chi connectivity index (χ3v) is 3.35. The predicted octanol–water partition coefficient (Wildman–Crippen LogP) is 3.05. The van der Waals surface area contributed by atoms with E-state index in [0.29, 0.717) is 11.5 Å². The predicted molar refractivity (Wildman–Crippen MR) is 82.2 cm³/mol. The Bertz CT molecular complexity index is 654. The molecule has 0 spiro atoms. The van der Waals surface area contributed by atoms with Gasteiger partial charge < -0.3 is 14.6 Å². The van der Waals surface area contributed by atoms with Crippen LogP contribution in [0.5, 0.6) is 11.5 Å². The molecule has 0 radical (unpaired) electrons. The molecular weight excluding hydrogens is 292 g/mol. The maximum atomic E-state index is 11.2. The first kappa shape index (κ1) is 15.6. The van der Waals surface area contributed by atoms with E-state index >= 15 is 0 Å². The summed E-state index contributed by atoms with van der Waals surface area (Å²) in [5.41, 5.74) is 0.791. The van der Waals surface area contributed by atoms with Crippen LogP contribution in [-0.4, -0.2) is 29.7 Å². The Hall–Kier alpha value is -1.78. The minimum Gasteiger partial charge on any atom is -0.490 e. The number of benzene rings is 2. The number of halogens is 1. The van der Waals surface area contributed by atoms with Gasteiger partial charge in [-0.1, -0.05) is 24.3 Å². The molecule has 112 valence electrons. The van der Waals surface area contributed by atoms with Gasteiger partial charge in [-0.05, 0) is 18.6 Å². The van der Waals surface area contributed by atoms with E-state index < -0.39 is 6.10 Å². The zero-order valence-corrected chi connectivity index (χ0v) is 12.7. The molecule has 5 heteroatoms. The number of hydrogen-bond donors (Lipinski definition) is 1. The van der Waals surface area contributed by atoms with Crippen LogP contribution >= 0.6 is 11.6 Å². The van der Waals surface area contributed by atoms with E-state index in [-0.39, 0.29) is 18.5 Å². The monoisotopic (exact) mass is 308 g/mol. The molecule has 0 aliphatic carbocycles. The number of hydrogen-bond acceptors (Lipinski definition) is 4. The van der Waals surface area contributed by atoms with E-state index in [1.165, 1.54) is 6.92 Å². The molecule has 2 rings (SSSR count). The zero-order valence-electron chi connectivity index (χ0n) is 11.9. The van der Waals surface area contributed by atoms with Gasteiger partial charge in [0.2, 0.25) is 0 Å². The second-order valence-corrected chi connectivity index (χ2v) is 5.09. The summed E-state index contributed by atoms with van der Waals surface area (Å²) in [4.78, 5) is 11.2. The Morgan fingerprint density at radius 2 is 2.00 bits per heavy atom. The average molecular weight is 309 g/mol. The normalized spacial score (nSPS) is 12.2. The van der Waals surface area contributed by atoms with Crippen LogP contribution in [0.3, 0.4) is 0 Å². The fraction of sp³-hybridized carbons (Fsp3) is 0.312. The SMILES string of the molecule is CC(=O)Oc1c(C)cc(OCC(O)CCl)c2ccccc12. The minimum absolute atomic E-state index is 0.111. The van der Waals surface area contributed by atoms with Crippen LogP contribution < -0.4 is 9.47 Å². The quantitative estimate of drug-likeness (QED) is 0.524. The third-order valence-electron chi connectivity index (χ3n) is 3.00. The maximum Gasteiger partial charge on any atom is 0.308 e. The number of carbonyl (C=O) groups excluding carboxylic acids is 1. The van der Waals surface area contributed by atoms with Gasteiger partial charge in [-0.2, -0.15) is 0 Å². The molecule has 2 aromatic carbocycles. The molecule has 2 aromatic rings. The second kappa shape index (κ2) is 6.78. The number of ether oxygens (including phenoxy) is 2. The molecule has 0 aliphatic rings. The molecule has 1 N–H and O–H groups in total. The van der Waals surface area contributed by atoms with Crippen molar-refractivity contribution in [3.8, 4) is 11.5 Å². The van der Waals surface area contributed by atoms with Crippen molar-refractivity contribution >= 4 is 28.3 Å². The first-order valence-corrected chi connectivity index (χ1v) is 7.14. The lowest BCUT2D eigenvalue weighted by Gasteiger charge is -2.16. The number of aliphatic hydroxyl groups is 1. The fourth-order valence-corrected chi connectivity index (χ4v) is 2.17. The highest BCUT2D eigenvalue weighted by atomic mass is 35.5. The number of alkyl halides is 1. The van der Waals surface area contributed by atoms with Crippen molar-refractivity contribution in [2.75, 3.05) is 12.5 Å². The second-order valence-electron chi connectivity index (χ2n) is 4.78. The van der Waals surface area contributed by atoms with Crippen molar-refractivity contribution in [3.05, 3.63) is 35.9 Å². The Balaban J connectivity index is 2.46. The van der Waals surface area contributed by atoms with E-state index in [2.05, 4.69) is 0 Å².